The van der Waals surface area contributed by atoms with Gasteiger partial charge < -0.3 is 10.3 Å². The third-order valence-corrected chi connectivity index (χ3v) is 4.83. The molecule has 2 rings (SSSR count). The molecule has 0 spiro atoms. The molecule has 8 nitrogen and oxygen atoms in total. The normalized spacial score (nSPS) is 21.3. The second kappa shape index (κ2) is 4.67. The molecule has 1 unspecified atom stereocenters. The highest BCUT2D eigenvalue weighted by Gasteiger charge is 2.33. The summed E-state index contributed by atoms with van der Waals surface area (Å²) < 4.78 is 25.6. The molecule has 1 saturated heterocycles. The first kappa shape index (κ1) is 13.0. The summed E-state index contributed by atoms with van der Waals surface area (Å²) >= 11 is 0. The molecule has 0 aliphatic carbocycles. The Bertz CT molecular complexity index is 647. The summed E-state index contributed by atoms with van der Waals surface area (Å²) in [5.74, 6) is 0. The predicted molar refractivity (Wildman–Crippen MR) is 63.9 cm³/mol. The number of rotatable bonds is 3. The smallest absolute Gasteiger partial charge is 0.316 e. The summed E-state index contributed by atoms with van der Waals surface area (Å²) in [6, 6.07) is 0.0848. The number of hydrogen-bond donors (Lipinski definition) is 3. The van der Waals surface area contributed by atoms with E-state index in [1.165, 1.54) is 4.31 Å². The Labute approximate surface area is 103 Å². The van der Waals surface area contributed by atoms with E-state index in [4.69, 9.17) is 0 Å². The lowest BCUT2D eigenvalue weighted by Gasteiger charge is -2.15. The SMILES string of the molecule is CNC1CCN(S(=O)(=O)c2c[nH]c(=O)[nH]c2=O)C1. The summed E-state index contributed by atoms with van der Waals surface area (Å²) in [5.41, 5.74) is -1.62. The van der Waals surface area contributed by atoms with Gasteiger partial charge in [0.1, 0.15) is 0 Å². The molecule has 1 aliphatic rings. The number of nitrogens with zero attached hydrogens (tertiary/aromatic N) is 1. The highest BCUT2D eigenvalue weighted by molar-refractivity contribution is 7.89. The van der Waals surface area contributed by atoms with Crippen LogP contribution >= 0.6 is 0 Å². The zero-order valence-electron chi connectivity index (χ0n) is 9.76. The summed E-state index contributed by atoms with van der Waals surface area (Å²) in [5, 5.41) is 2.99. The van der Waals surface area contributed by atoms with Crippen molar-refractivity contribution in [1.29, 1.82) is 0 Å². The van der Waals surface area contributed by atoms with Crippen LogP contribution in [0.4, 0.5) is 0 Å². The predicted octanol–water partition coefficient (Wildman–Crippen LogP) is -1.95. The fraction of sp³-hybridized carbons (Fsp3) is 0.556. The average molecular weight is 274 g/mol. The van der Waals surface area contributed by atoms with E-state index in [0.29, 0.717) is 19.5 Å². The van der Waals surface area contributed by atoms with Gasteiger partial charge >= 0.3 is 5.69 Å². The van der Waals surface area contributed by atoms with E-state index in [-0.39, 0.29) is 6.04 Å². The number of aromatic nitrogens is 2. The largest absolute Gasteiger partial charge is 0.325 e. The fourth-order valence-corrected chi connectivity index (χ4v) is 3.40. The number of hydrogen-bond acceptors (Lipinski definition) is 5. The van der Waals surface area contributed by atoms with Crippen molar-refractivity contribution >= 4 is 10.0 Å². The van der Waals surface area contributed by atoms with Crippen molar-refractivity contribution in [3.8, 4) is 0 Å². The zero-order chi connectivity index (χ0) is 13.3. The van der Waals surface area contributed by atoms with Gasteiger partial charge in [-0.1, -0.05) is 0 Å². The lowest BCUT2D eigenvalue weighted by atomic mass is 10.3. The molecular formula is C9H14N4O4S. The fourth-order valence-electron chi connectivity index (χ4n) is 1.91. The van der Waals surface area contributed by atoms with Gasteiger partial charge in [-0.05, 0) is 13.5 Å². The van der Waals surface area contributed by atoms with Gasteiger partial charge in [-0.15, -0.1) is 0 Å². The summed E-state index contributed by atoms with van der Waals surface area (Å²) in [4.78, 5) is 26.0. The highest BCUT2D eigenvalue weighted by Crippen LogP contribution is 2.17. The van der Waals surface area contributed by atoms with Crippen molar-refractivity contribution in [1.82, 2.24) is 19.6 Å². The second-order valence-electron chi connectivity index (χ2n) is 4.07. The van der Waals surface area contributed by atoms with Crippen LogP contribution < -0.4 is 16.6 Å². The van der Waals surface area contributed by atoms with Crippen molar-refractivity contribution in [2.45, 2.75) is 17.4 Å². The minimum Gasteiger partial charge on any atom is -0.316 e. The molecule has 1 aliphatic heterocycles. The Kier molecular flexibility index (Phi) is 3.37. The van der Waals surface area contributed by atoms with Crippen molar-refractivity contribution in [3.05, 3.63) is 27.0 Å². The van der Waals surface area contributed by atoms with Crippen LogP contribution in [0.15, 0.2) is 20.7 Å². The van der Waals surface area contributed by atoms with Crippen LogP contribution in [0.1, 0.15) is 6.42 Å². The molecule has 2 heterocycles. The molecule has 0 saturated carbocycles. The molecule has 1 atom stereocenters. The van der Waals surface area contributed by atoms with Crippen LogP contribution in [-0.2, 0) is 10.0 Å². The molecular weight excluding hydrogens is 260 g/mol. The topological polar surface area (TPSA) is 115 Å². The van der Waals surface area contributed by atoms with Crippen LogP contribution in [0, 0.1) is 0 Å². The summed E-state index contributed by atoms with van der Waals surface area (Å²) in [6.07, 6.45) is 1.63. The minimum atomic E-state index is -3.85. The zero-order valence-corrected chi connectivity index (χ0v) is 10.6. The lowest BCUT2D eigenvalue weighted by Crippen LogP contribution is -2.37. The van der Waals surface area contributed by atoms with Crippen LogP contribution in [0.2, 0.25) is 0 Å². The highest BCUT2D eigenvalue weighted by atomic mass is 32.2. The van der Waals surface area contributed by atoms with E-state index < -0.39 is 26.2 Å². The van der Waals surface area contributed by atoms with E-state index in [1.807, 2.05) is 4.98 Å². The molecule has 18 heavy (non-hydrogen) atoms. The van der Waals surface area contributed by atoms with Crippen molar-refractivity contribution in [2.24, 2.45) is 0 Å². The number of H-pyrrole nitrogens is 2. The van der Waals surface area contributed by atoms with E-state index in [2.05, 4.69) is 10.3 Å². The second-order valence-corrected chi connectivity index (χ2v) is 5.98. The van der Waals surface area contributed by atoms with Crippen molar-refractivity contribution in [3.63, 3.8) is 0 Å². The molecule has 0 aromatic carbocycles. The molecule has 0 radical (unpaired) electrons. The summed E-state index contributed by atoms with van der Waals surface area (Å²) in [7, 11) is -2.09. The first-order valence-corrected chi connectivity index (χ1v) is 6.88. The Hall–Kier alpha value is -1.45. The first-order valence-electron chi connectivity index (χ1n) is 5.44. The lowest BCUT2D eigenvalue weighted by molar-refractivity contribution is 0.463. The minimum absolute atomic E-state index is 0.0848. The molecule has 9 heteroatoms. The van der Waals surface area contributed by atoms with Crippen LogP contribution in [0.5, 0.6) is 0 Å². The van der Waals surface area contributed by atoms with Crippen LogP contribution in [-0.4, -0.2) is 48.9 Å². The Morgan fingerprint density at radius 2 is 2.17 bits per heavy atom. The molecule has 1 fully saturated rings. The van der Waals surface area contributed by atoms with Gasteiger partial charge in [-0.25, -0.2) is 13.2 Å². The van der Waals surface area contributed by atoms with Gasteiger partial charge in [0.25, 0.3) is 5.56 Å². The maximum atomic E-state index is 12.2. The van der Waals surface area contributed by atoms with Crippen LogP contribution in [0.3, 0.4) is 0 Å². The van der Waals surface area contributed by atoms with Gasteiger partial charge in [0.2, 0.25) is 10.0 Å². The maximum Gasteiger partial charge on any atom is 0.325 e. The third kappa shape index (κ3) is 2.24. The monoisotopic (exact) mass is 274 g/mol. The molecule has 0 bridgehead atoms. The van der Waals surface area contributed by atoms with Crippen molar-refractivity contribution < 1.29 is 8.42 Å². The standard InChI is InChI=1S/C9H14N4O4S/c1-10-6-2-3-13(5-6)18(16,17)7-4-11-9(15)12-8(7)14/h4,6,10H,2-3,5H2,1H3,(H2,11,12,14,15). The number of likely N-dealkylation sites (N-methyl/N-ethyl adjacent to an activating group) is 1. The summed E-state index contributed by atoms with van der Waals surface area (Å²) in [6.45, 7) is 0.670. The van der Waals surface area contributed by atoms with E-state index in [9.17, 15) is 18.0 Å². The first-order chi connectivity index (χ1) is 8.45. The average Bonchev–Trinajstić information content (AvgIpc) is 2.77. The van der Waals surface area contributed by atoms with Gasteiger partial charge in [0, 0.05) is 25.3 Å². The Morgan fingerprint density at radius 1 is 1.44 bits per heavy atom. The molecule has 0 amide bonds. The van der Waals surface area contributed by atoms with Crippen molar-refractivity contribution in [2.75, 3.05) is 20.1 Å². The van der Waals surface area contributed by atoms with Gasteiger partial charge in [-0.2, -0.15) is 4.31 Å². The maximum absolute atomic E-state index is 12.2. The molecule has 1 aromatic rings. The van der Waals surface area contributed by atoms with Crippen LogP contribution in [0.25, 0.3) is 0 Å². The van der Waals surface area contributed by atoms with Gasteiger partial charge in [0.05, 0.1) is 0 Å². The van der Waals surface area contributed by atoms with E-state index >= 15 is 0 Å². The third-order valence-electron chi connectivity index (χ3n) is 2.96. The quantitative estimate of drug-likeness (QED) is 0.592. The Morgan fingerprint density at radius 3 is 2.72 bits per heavy atom. The van der Waals surface area contributed by atoms with Gasteiger partial charge in [-0.3, -0.25) is 9.78 Å². The number of sulfonamides is 1. The molecule has 100 valence electrons. The van der Waals surface area contributed by atoms with E-state index in [1.54, 1.807) is 7.05 Å². The Balaban J connectivity index is 2.37. The van der Waals surface area contributed by atoms with Gasteiger partial charge in [0.15, 0.2) is 4.90 Å². The van der Waals surface area contributed by atoms with E-state index in [0.717, 1.165) is 6.20 Å². The molecule has 1 aromatic heterocycles. The number of aromatic amines is 2. The number of nitrogens with one attached hydrogen (secondary N) is 3. The molecule has 3 N–H and O–H groups in total.